The van der Waals surface area contributed by atoms with Crippen LogP contribution in [0, 0.1) is 0 Å². The van der Waals surface area contributed by atoms with Gasteiger partial charge in [-0.1, -0.05) is 48.5 Å². The molecule has 3 aromatic rings. The fourth-order valence-corrected chi connectivity index (χ4v) is 3.24. The lowest BCUT2D eigenvalue weighted by molar-refractivity contribution is -0.124. The Balaban J connectivity index is 1.72. The Hall–Kier alpha value is -3.32. The van der Waals surface area contributed by atoms with Gasteiger partial charge in [-0.25, -0.2) is 4.79 Å². The molecular formula is C21H23N3O4. The van der Waals surface area contributed by atoms with E-state index in [1.807, 2.05) is 54.6 Å². The number of aliphatic hydroxyl groups excluding tert-OH is 1. The Labute approximate surface area is 162 Å². The number of rotatable bonds is 8. The van der Waals surface area contributed by atoms with Crippen LogP contribution in [-0.2, 0) is 17.6 Å². The molecule has 1 aromatic heterocycles. The van der Waals surface area contributed by atoms with E-state index in [1.54, 1.807) is 6.20 Å². The van der Waals surface area contributed by atoms with E-state index < -0.39 is 24.1 Å². The molecular weight excluding hydrogens is 358 g/mol. The van der Waals surface area contributed by atoms with E-state index in [2.05, 4.69) is 15.6 Å². The van der Waals surface area contributed by atoms with E-state index >= 15 is 0 Å². The lowest BCUT2D eigenvalue weighted by Gasteiger charge is -2.21. The van der Waals surface area contributed by atoms with Gasteiger partial charge in [0.05, 0.1) is 12.6 Å². The third-order valence-electron chi connectivity index (χ3n) is 4.60. The first-order valence-corrected chi connectivity index (χ1v) is 9.06. The van der Waals surface area contributed by atoms with Crippen molar-refractivity contribution in [2.75, 3.05) is 6.61 Å². The van der Waals surface area contributed by atoms with Gasteiger partial charge in [-0.3, -0.25) is 4.79 Å². The Kier molecular flexibility index (Phi) is 6.29. The van der Waals surface area contributed by atoms with Crippen molar-refractivity contribution >= 4 is 22.9 Å². The Morgan fingerprint density at radius 2 is 1.68 bits per heavy atom. The van der Waals surface area contributed by atoms with Gasteiger partial charge in [0.25, 0.3) is 0 Å². The molecule has 0 aliphatic carbocycles. The molecule has 0 bridgehead atoms. The average molecular weight is 381 g/mol. The molecule has 5 N–H and O–H groups in total. The zero-order valence-electron chi connectivity index (χ0n) is 15.3. The van der Waals surface area contributed by atoms with Gasteiger partial charge < -0.3 is 25.8 Å². The molecule has 0 fully saturated rings. The fourth-order valence-electron chi connectivity index (χ4n) is 3.24. The number of nitrogens with one attached hydrogen (secondary N) is 3. The Morgan fingerprint density at radius 1 is 0.964 bits per heavy atom. The van der Waals surface area contributed by atoms with Gasteiger partial charge in [-0.05, 0) is 23.6 Å². The summed E-state index contributed by atoms with van der Waals surface area (Å²) in [4.78, 5) is 27.1. The summed E-state index contributed by atoms with van der Waals surface area (Å²) in [5, 5.41) is 24.8. The second-order valence-electron chi connectivity index (χ2n) is 6.64. The Bertz CT molecular complexity index is 939. The van der Waals surface area contributed by atoms with Crippen LogP contribution in [-0.4, -0.2) is 45.9 Å². The predicted octanol–water partition coefficient (Wildman–Crippen LogP) is 2.07. The molecule has 0 spiro atoms. The number of fused-ring (bicyclic) bond motifs is 1. The van der Waals surface area contributed by atoms with Gasteiger partial charge in [0.1, 0.15) is 6.04 Å². The first kappa shape index (κ1) is 19.4. The summed E-state index contributed by atoms with van der Waals surface area (Å²) in [6.07, 6.45) is 1.16. The summed E-state index contributed by atoms with van der Waals surface area (Å²) < 4.78 is 0. The SMILES string of the molecule is O=C(O)NC(Cc1c[nH]c2ccccc12)C(=O)NC(CO)Cc1ccccc1. The van der Waals surface area contributed by atoms with E-state index in [0.717, 1.165) is 22.0 Å². The number of carbonyl (C=O) groups is 2. The maximum atomic E-state index is 12.7. The second kappa shape index (κ2) is 9.05. The van der Waals surface area contributed by atoms with Gasteiger partial charge in [0, 0.05) is 23.5 Å². The summed E-state index contributed by atoms with van der Waals surface area (Å²) in [5.74, 6) is -0.470. The molecule has 28 heavy (non-hydrogen) atoms. The minimum Gasteiger partial charge on any atom is -0.465 e. The standard InChI is InChI=1S/C21H23N3O4/c25-13-16(10-14-6-2-1-3-7-14)23-20(26)19(24-21(27)28)11-15-12-22-18-9-5-4-8-17(15)18/h1-9,12,16,19,22,24-25H,10-11,13H2,(H,23,26)(H,27,28). The van der Waals surface area contributed by atoms with E-state index in [9.17, 15) is 14.7 Å². The highest BCUT2D eigenvalue weighted by atomic mass is 16.4. The first-order valence-electron chi connectivity index (χ1n) is 9.06. The van der Waals surface area contributed by atoms with Crippen LogP contribution < -0.4 is 10.6 Å². The van der Waals surface area contributed by atoms with Crippen molar-refractivity contribution in [1.82, 2.24) is 15.6 Å². The molecule has 0 radical (unpaired) electrons. The van der Waals surface area contributed by atoms with Gasteiger partial charge in [-0.15, -0.1) is 0 Å². The molecule has 7 nitrogen and oxygen atoms in total. The minimum atomic E-state index is -1.27. The van der Waals surface area contributed by atoms with Gasteiger partial charge in [0.2, 0.25) is 5.91 Å². The number of carboxylic acid groups (broad SMARTS) is 1. The number of aliphatic hydroxyl groups is 1. The van der Waals surface area contributed by atoms with E-state index in [4.69, 9.17) is 5.11 Å². The molecule has 7 heteroatoms. The zero-order chi connectivity index (χ0) is 19.9. The molecule has 0 aliphatic rings. The molecule has 2 unspecified atom stereocenters. The number of aromatic nitrogens is 1. The van der Waals surface area contributed by atoms with Crippen molar-refractivity contribution in [2.45, 2.75) is 24.9 Å². The number of hydrogen-bond donors (Lipinski definition) is 5. The van der Waals surface area contributed by atoms with E-state index in [-0.39, 0.29) is 13.0 Å². The lowest BCUT2D eigenvalue weighted by atomic mass is 10.0. The maximum Gasteiger partial charge on any atom is 0.405 e. The van der Waals surface area contributed by atoms with Gasteiger partial charge in [0.15, 0.2) is 0 Å². The van der Waals surface area contributed by atoms with Crippen molar-refractivity contribution < 1.29 is 19.8 Å². The van der Waals surface area contributed by atoms with Crippen LogP contribution >= 0.6 is 0 Å². The third-order valence-corrected chi connectivity index (χ3v) is 4.60. The Morgan fingerprint density at radius 3 is 2.39 bits per heavy atom. The molecule has 3 rings (SSSR count). The molecule has 146 valence electrons. The number of amides is 2. The molecule has 0 saturated carbocycles. The predicted molar refractivity (Wildman–Crippen MR) is 106 cm³/mol. The molecule has 2 amide bonds. The lowest BCUT2D eigenvalue weighted by Crippen LogP contribution is -2.51. The van der Waals surface area contributed by atoms with Crippen LogP contribution in [0.1, 0.15) is 11.1 Å². The number of aromatic amines is 1. The average Bonchev–Trinajstić information content (AvgIpc) is 3.10. The smallest absolute Gasteiger partial charge is 0.405 e. The van der Waals surface area contributed by atoms with Crippen LogP contribution in [0.25, 0.3) is 10.9 Å². The van der Waals surface area contributed by atoms with Gasteiger partial charge >= 0.3 is 6.09 Å². The molecule has 0 saturated heterocycles. The largest absolute Gasteiger partial charge is 0.465 e. The normalized spacial score (nSPS) is 13.0. The van der Waals surface area contributed by atoms with Crippen LogP contribution in [0.3, 0.4) is 0 Å². The number of hydrogen-bond acceptors (Lipinski definition) is 3. The molecule has 1 heterocycles. The van der Waals surface area contributed by atoms with Gasteiger partial charge in [-0.2, -0.15) is 0 Å². The summed E-state index contributed by atoms with van der Waals surface area (Å²) in [7, 11) is 0. The summed E-state index contributed by atoms with van der Waals surface area (Å²) >= 11 is 0. The maximum absolute atomic E-state index is 12.7. The number of H-pyrrole nitrogens is 1. The number of carbonyl (C=O) groups excluding carboxylic acids is 1. The van der Waals surface area contributed by atoms with Crippen molar-refractivity contribution in [1.29, 1.82) is 0 Å². The van der Waals surface area contributed by atoms with Crippen LogP contribution in [0.2, 0.25) is 0 Å². The highest BCUT2D eigenvalue weighted by Gasteiger charge is 2.24. The number of benzene rings is 2. The third kappa shape index (κ3) is 4.89. The first-order chi connectivity index (χ1) is 13.6. The van der Waals surface area contributed by atoms with Crippen molar-refractivity contribution in [3.63, 3.8) is 0 Å². The molecule has 2 atom stereocenters. The summed E-state index contributed by atoms with van der Waals surface area (Å²) in [6.45, 7) is -0.243. The summed E-state index contributed by atoms with van der Waals surface area (Å²) in [5.41, 5.74) is 2.73. The quantitative estimate of drug-likeness (QED) is 0.411. The summed E-state index contributed by atoms with van der Waals surface area (Å²) in [6, 6.07) is 15.6. The zero-order valence-corrected chi connectivity index (χ0v) is 15.3. The van der Waals surface area contributed by atoms with E-state index in [0.29, 0.717) is 6.42 Å². The van der Waals surface area contributed by atoms with E-state index in [1.165, 1.54) is 0 Å². The van der Waals surface area contributed by atoms with Crippen LogP contribution in [0.5, 0.6) is 0 Å². The topological polar surface area (TPSA) is 114 Å². The van der Waals surface area contributed by atoms with Crippen LogP contribution in [0.4, 0.5) is 4.79 Å². The monoisotopic (exact) mass is 381 g/mol. The van der Waals surface area contributed by atoms with Crippen molar-refractivity contribution in [2.24, 2.45) is 0 Å². The minimum absolute atomic E-state index is 0.200. The second-order valence-corrected chi connectivity index (χ2v) is 6.64. The highest BCUT2D eigenvalue weighted by molar-refractivity contribution is 5.88. The number of para-hydroxylation sites is 1. The van der Waals surface area contributed by atoms with Crippen LogP contribution in [0.15, 0.2) is 60.8 Å². The highest BCUT2D eigenvalue weighted by Crippen LogP contribution is 2.19. The van der Waals surface area contributed by atoms with Crippen molar-refractivity contribution in [3.05, 3.63) is 71.9 Å². The fraction of sp³-hybridized carbons (Fsp3) is 0.238. The molecule has 0 aliphatic heterocycles. The van der Waals surface area contributed by atoms with Crippen molar-refractivity contribution in [3.8, 4) is 0 Å². The molecule has 2 aromatic carbocycles.